The quantitative estimate of drug-likeness (QED) is 0.318. The molecule has 0 saturated heterocycles. The first-order valence-electron chi connectivity index (χ1n) is 7.50. The Kier molecular flexibility index (Phi) is 11.3. The van der Waals surface area contributed by atoms with Gasteiger partial charge in [-0.1, -0.05) is 24.3 Å². The number of amides is 2. The van der Waals surface area contributed by atoms with Crippen LogP contribution in [0.2, 0.25) is 0 Å². The summed E-state index contributed by atoms with van der Waals surface area (Å²) >= 11 is 0. The van der Waals surface area contributed by atoms with Crippen LogP contribution in [0.3, 0.4) is 0 Å². The molecular formula is C16H18BaN2O8S2. The van der Waals surface area contributed by atoms with E-state index >= 15 is 0 Å². The van der Waals surface area contributed by atoms with Gasteiger partial charge in [0.2, 0.25) is 11.8 Å². The maximum atomic E-state index is 10.8. The van der Waals surface area contributed by atoms with E-state index in [1.807, 2.05) is 0 Å². The molecule has 2 aromatic rings. The summed E-state index contributed by atoms with van der Waals surface area (Å²) in [6, 6.07) is 11.2. The predicted molar refractivity (Wildman–Crippen MR) is 107 cm³/mol. The largest absolute Gasteiger partial charge is 0.325 e. The summed E-state index contributed by atoms with van der Waals surface area (Å²) < 4.78 is 61.0. The van der Waals surface area contributed by atoms with Crippen LogP contribution in [0.5, 0.6) is 0 Å². The molecule has 0 aromatic heterocycles. The minimum atomic E-state index is -4.29. The summed E-state index contributed by atoms with van der Waals surface area (Å²) in [5.74, 6) is -0.804. The molecule has 154 valence electrons. The van der Waals surface area contributed by atoms with Gasteiger partial charge in [-0.3, -0.25) is 18.7 Å². The number of para-hydroxylation sites is 2. The Morgan fingerprint density at radius 1 is 0.690 bits per heavy atom. The number of nitrogens with one attached hydrogen (secondary N) is 2. The summed E-state index contributed by atoms with van der Waals surface area (Å²) in [6.45, 7) is 2.50. The van der Waals surface area contributed by atoms with Crippen molar-refractivity contribution in [1.29, 1.82) is 0 Å². The van der Waals surface area contributed by atoms with E-state index in [0.717, 1.165) is 0 Å². The maximum Gasteiger partial charge on any atom is 0.296 e. The van der Waals surface area contributed by atoms with Gasteiger partial charge in [0.25, 0.3) is 20.2 Å². The van der Waals surface area contributed by atoms with Gasteiger partial charge < -0.3 is 10.6 Å². The van der Waals surface area contributed by atoms with Gasteiger partial charge >= 0.3 is 0 Å². The van der Waals surface area contributed by atoms with Crippen LogP contribution in [0.1, 0.15) is 13.8 Å². The number of benzene rings is 2. The molecule has 10 nitrogen and oxygen atoms in total. The van der Waals surface area contributed by atoms with Crippen LogP contribution >= 0.6 is 0 Å². The fraction of sp³-hybridized carbons (Fsp3) is 0.125. The molecule has 0 atom stereocenters. The number of hydrogen-bond donors (Lipinski definition) is 4. The Bertz CT molecular complexity index is 998. The molecule has 4 N–H and O–H groups in total. The van der Waals surface area contributed by atoms with Crippen LogP contribution in [0.4, 0.5) is 11.4 Å². The molecule has 0 aliphatic heterocycles. The molecule has 2 rings (SSSR count). The minimum Gasteiger partial charge on any atom is -0.325 e. The molecule has 2 aromatic carbocycles. The predicted octanol–water partition coefficient (Wildman–Crippen LogP) is 1.40. The van der Waals surface area contributed by atoms with Crippen molar-refractivity contribution in [2.24, 2.45) is 0 Å². The summed E-state index contributed by atoms with van der Waals surface area (Å²) in [5, 5.41) is 4.60. The van der Waals surface area contributed by atoms with Gasteiger partial charge in [0, 0.05) is 62.7 Å². The van der Waals surface area contributed by atoms with Crippen LogP contribution in [0, 0.1) is 0 Å². The number of hydrogen-bond acceptors (Lipinski definition) is 6. The van der Waals surface area contributed by atoms with Gasteiger partial charge in [-0.25, -0.2) is 0 Å². The first kappa shape index (κ1) is 27.8. The van der Waals surface area contributed by atoms with Crippen molar-refractivity contribution < 1.29 is 35.5 Å². The van der Waals surface area contributed by atoms with Crippen molar-refractivity contribution >= 4 is 92.3 Å². The van der Waals surface area contributed by atoms with Crippen LogP contribution in [-0.4, -0.2) is 86.6 Å². The third-order valence-corrected chi connectivity index (χ3v) is 4.77. The van der Waals surface area contributed by atoms with E-state index in [2.05, 4.69) is 10.6 Å². The summed E-state index contributed by atoms with van der Waals surface area (Å²) in [6.07, 6.45) is 0. The number of rotatable bonds is 4. The van der Waals surface area contributed by atoms with E-state index in [-0.39, 0.29) is 70.0 Å². The topological polar surface area (TPSA) is 167 Å². The van der Waals surface area contributed by atoms with Gasteiger partial charge in [0.1, 0.15) is 9.79 Å². The Morgan fingerprint density at radius 3 is 1.21 bits per heavy atom. The van der Waals surface area contributed by atoms with Crippen molar-refractivity contribution in [2.45, 2.75) is 23.6 Å². The second kappa shape index (κ2) is 11.8. The van der Waals surface area contributed by atoms with Gasteiger partial charge in [-0.05, 0) is 24.3 Å². The van der Waals surface area contributed by atoms with E-state index < -0.39 is 32.1 Å². The molecule has 0 unspecified atom stereocenters. The average molecular weight is 568 g/mol. The fourth-order valence-corrected chi connectivity index (χ4v) is 3.26. The molecular weight excluding hydrogens is 550 g/mol. The smallest absolute Gasteiger partial charge is 0.296 e. The summed E-state index contributed by atoms with van der Waals surface area (Å²) in [5.41, 5.74) is 0.144. The second-order valence-corrected chi connectivity index (χ2v) is 8.08. The van der Waals surface area contributed by atoms with Crippen LogP contribution < -0.4 is 10.6 Å². The molecule has 0 bridgehead atoms. The minimum absolute atomic E-state index is 0. The molecule has 0 aliphatic rings. The zero-order valence-electron chi connectivity index (χ0n) is 15.5. The standard InChI is InChI=1S/2C8H9NO4S.Ba/c2*1-6(10)9-7-4-2-3-5-8(7)14(11,12)13;/h2*2-5H,1H3,(H,9,10)(H,11,12,13);. The first-order valence-corrected chi connectivity index (χ1v) is 10.4. The third-order valence-electron chi connectivity index (χ3n) is 2.95. The van der Waals surface area contributed by atoms with Gasteiger partial charge in [0.15, 0.2) is 0 Å². The molecule has 0 fully saturated rings. The zero-order valence-corrected chi connectivity index (χ0v) is 21.6. The Hall–Kier alpha value is -1.23. The second-order valence-electron chi connectivity index (χ2n) is 5.30. The van der Waals surface area contributed by atoms with Crippen LogP contribution in [0.15, 0.2) is 58.3 Å². The molecule has 0 heterocycles. The summed E-state index contributed by atoms with van der Waals surface area (Å²) in [4.78, 5) is 20.8. The van der Waals surface area contributed by atoms with Crippen molar-refractivity contribution in [3.8, 4) is 0 Å². The molecule has 0 aliphatic carbocycles. The van der Waals surface area contributed by atoms with Crippen LogP contribution in [0.25, 0.3) is 0 Å². The monoisotopic (exact) mass is 568 g/mol. The number of carbonyl (C=O) groups is 2. The van der Waals surface area contributed by atoms with Crippen molar-refractivity contribution in [3.63, 3.8) is 0 Å². The number of anilines is 2. The maximum absolute atomic E-state index is 10.8. The molecule has 29 heavy (non-hydrogen) atoms. The van der Waals surface area contributed by atoms with E-state index in [1.165, 1.54) is 50.2 Å². The Labute approximate surface area is 208 Å². The van der Waals surface area contributed by atoms with Crippen LogP contribution in [-0.2, 0) is 29.8 Å². The number of carbonyl (C=O) groups excluding carboxylic acids is 2. The molecule has 2 radical (unpaired) electrons. The average Bonchev–Trinajstić information content (AvgIpc) is 2.53. The van der Waals surface area contributed by atoms with Gasteiger partial charge in [-0.15, -0.1) is 0 Å². The van der Waals surface area contributed by atoms with Gasteiger partial charge in [-0.2, -0.15) is 16.8 Å². The van der Waals surface area contributed by atoms with Crippen molar-refractivity contribution in [2.75, 3.05) is 10.6 Å². The summed E-state index contributed by atoms with van der Waals surface area (Å²) in [7, 11) is -8.59. The molecule has 13 heteroatoms. The fourth-order valence-electron chi connectivity index (χ4n) is 1.97. The van der Waals surface area contributed by atoms with Gasteiger partial charge in [0.05, 0.1) is 11.4 Å². The van der Waals surface area contributed by atoms with Crippen molar-refractivity contribution in [3.05, 3.63) is 48.5 Å². The van der Waals surface area contributed by atoms with E-state index in [0.29, 0.717) is 0 Å². The molecule has 0 spiro atoms. The first-order chi connectivity index (χ1) is 12.8. The Morgan fingerprint density at radius 2 is 0.966 bits per heavy atom. The molecule has 0 saturated carbocycles. The van der Waals surface area contributed by atoms with Crippen molar-refractivity contribution in [1.82, 2.24) is 0 Å². The molecule has 2 amide bonds. The third kappa shape index (κ3) is 9.88. The Balaban J connectivity index is 0.000000523. The van der Waals surface area contributed by atoms with E-state index in [4.69, 9.17) is 9.11 Å². The van der Waals surface area contributed by atoms with E-state index in [9.17, 15) is 26.4 Å². The SMILES string of the molecule is CC(=O)Nc1ccccc1S(=O)(=O)O.CC(=O)Nc1ccccc1S(=O)(=O)O.[Ba]. The normalized spacial score (nSPS) is 10.6. The zero-order chi connectivity index (χ0) is 21.5. The van der Waals surface area contributed by atoms with E-state index in [1.54, 1.807) is 12.1 Å².